The van der Waals surface area contributed by atoms with E-state index in [-0.39, 0.29) is 17.6 Å². The second kappa shape index (κ2) is 11.4. The number of hydrogen-bond donors (Lipinski definition) is 2. The molecular weight excluding hydrogens is 526 g/mol. The molecule has 0 unspecified atom stereocenters. The van der Waals surface area contributed by atoms with Crippen molar-refractivity contribution in [2.45, 2.75) is 59.7 Å². The highest BCUT2D eigenvalue weighted by Gasteiger charge is 2.28. The fourth-order valence-corrected chi connectivity index (χ4v) is 4.14. The number of fused-ring (bicyclic) bond motifs is 1. The number of ether oxygens (including phenoxy) is 3. The molecule has 0 fully saturated rings. The van der Waals surface area contributed by atoms with Crippen molar-refractivity contribution in [1.82, 2.24) is 20.4 Å². The van der Waals surface area contributed by atoms with E-state index >= 15 is 0 Å². The molecule has 11 heteroatoms. The number of aromatic nitrogens is 4. The van der Waals surface area contributed by atoms with E-state index in [2.05, 4.69) is 20.4 Å². The largest absolute Gasteiger partial charge is 0.493 e. The first-order valence-corrected chi connectivity index (χ1v) is 13.3. The van der Waals surface area contributed by atoms with Crippen molar-refractivity contribution in [2.75, 3.05) is 18.1 Å². The number of benzene rings is 2. The summed E-state index contributed by atoms with van der Waals surface area (Å²) in [6, 6.07) is 14.5. The maximum atomic E-state index is 13.2. The molecule has 4 aromatic rings. The highest BCUT2D eigenvalue weighted by atomic mass is 16.6. The molecule has 0 aliphatic rings. The number of amides is 1. The van der Waals surface area contributed by atoms with Gasteiger partial charge in [0.15, 0.2) is 5.52 Å². The molecule has 41 heavy (non-hydrogen) atoms. The van der Waals surface area contributed by atoms with Crippen LogP contribution in [0.4, 0.5) is 10.5 Å². The number of carbonyl (C=O) groups excluding carboxylic acids is 2. The van der Waals surface area contributed by atoms with Crippen molar-refractivity contribution in [3.63, 3.8) is 0 Å². The molecule has 0 saturated heterocycles. The van der Waals surface area contributed by atoms with Gasteiger partial charge in [0.05, 0.1) is 12.3 Å². The molecule has 1 amide bonds. The summed E-state index contributed by atoms with van der Waals surface area (Å²) in [6.07, 6.45) is -0.668. The molecule has 0 aliphatic carbocycles. The summed E-state index contributed by atoms with van der Waals surface area (Å²) in [6.45, 7) is 12.5. The van der Waals surface area contributed by atoms with Gasteiger partial charge in [0, 0.05) is 11.3 Å². The number of nitrogens with zero attached hydrogens (tertiary/aromatic N) is 3. The minimum Gasteiger partial charge on any atom is -0.493 e. The SMILES string of the molecule is CCOc1cc(-c2cccc(N(CC(=O)OC(C)(C)C)C(=O)OC(C)(C)C)c2)ccc1-c1cc2n[nH]nc2c(=O)[nH]1. The zero-order valence-electron chi connectivity index (χ0n) is 24.3. The molecule has 0 spiro atoms. The van der Waals surface area contributed by atoms with E-state index in [1.807, 2.05) is 31.2 Å². The number of nitrogens with one attached hydrogen (secondary N) is 2. The van der Waals surface area contributed by atoms with Crippen molar-refractivity contribution in [3.8, 4) is 28.1 Å². The smallest absolute Gasteiger partial charge is 0.415 e. The van der Waals surface area contributed by atoms with Crippen LogP contribution in [0.2, 0.25) is 0 Å². The number of rotatable bonds is 7. The van der Waals surface area contributed by atoms with Gasteiger partial charge in [0.25, 0.3) is 5.56 Å². The summed E-state index contributed by atoms with van der Waals surface area (Å²) >= 11 is 0. The number of anilines is 1. The van der Waals surface area contributed by atoms with Crippen LogP contribution in [0, 0.1) is 0 Å². The Kier molecular flexibility index (Phi) is 8.18. The van der Waals surface area contributed by atoms with E-state index in [9.17, 15) is 14.4 Å². The van der Waals surface area contributed by atoms with Crippen molar-refractivity contribution in [3.05, 3.63) is 58.9 Å². The Hall–Kier alpha value is -4.67. The van der Waals surface area contributed by atoms with Gasteiger partial charge in [-0.1, -0.05) is 18.2 Å². The lowest BCUT2D eigenvalue weighted by Crippen LogP contribution is -2.41. The van der Waals surface area contributed by atoms with Gasteiger partial charge in [-0.3, -0.25) is 14.5 Å². The van der Waals surface area contributed by atoms with Crippen LogP contribution in [-0.2, 0) is 14.3 Å². The normalized spacial score (nSPS) is 11.8. The molecule has 4 rings (SSSR count). The maximum Gasteiger partial charge on any atom is 0.415 e. The first-order valence-electron chi connectivity index (χ1n) is 13.3. The Morgan fingerprint density at radius 2 is 1.61 bits per heavy atom. The van der Waals surface area contributed by atoms with Crippen molar-refractivity contribution in [2.24, 2.45) is 0 Å². The number of H-pyrrole nitrogens is 2. The monoisotopic (exact) mass is 561 g/mol. The number of pyridine rings is 1. The molecular formula is C30H35N5O6. The lowest BCUT2D eigenvalue weighted by Gasteiger charge is -2.28. The van der Waals surface area contributed by atoms with Crippen molar-refractivity contribution >= 4 is 28.8 Å². The van der Waals surface area contributed by atoms with Gasteiger partial charge >= 0.3 is 12.1 Å². The molecule has 2 heterocycles. The number of aromatic amines is 2. The van der Waals surface area contributed by atoms with E-state index in [1.165, 1.54) is 4.90 Å². The van der Waals surface area contributed by atoms with Crippen LogP contribution in [0.15, 0.2) is 53.3 Å². The zero-order chi connectivity index (χ0) is 29.9. The van der Waals surface area contributed by atoms with E-state index in [1.54, 1.807) is 65.8 Å². The maximum absolute atomic E-state index is 13.2. The summed E-state index contributed by atoms with van der Waals surface area (Å²) in [5, 5.41) is 10.4. The number of carbonyl (C=O) groups is 2. The topological polar surface area (TPSA) is 140 Å². The Labute approximate surface area is 237 Å². The molecule has 11 nitrogen and oxygen atoms in total. The van der Waals surface area contributed by atoms with Crippen LogP contribution in [0.3, 0.4) is 0 Å². The molecule has 0 saturated carbocycles. The van der Waals surface area contributed by atoms with Gasteiger partial charge < -0.3 is 19.2 Å². The van der Waals surface area contributed by atoms with Crippen molar-refractivity contribution < 1.29 is 23.8 Å². The van der Waals surface area contributed by atoms with E-state index in [4.69, 9.17) is 14.2 Å². The third-order valence-corrected chi connectivity index (χ3v) is 5.70. The summed E-state index contributed by atoms with van der Waals surface area (Å²) < 4.78 is 17.0. The zero-order valence-corrected chi connectivity index (χ0v) is 24.3. The minimum atomic E-state index is -0.765. The average molecular weight is 562 g/mol. The first-order chi connectivity index (χ1) is 19.2. The summed E-state index contributed by atoms with van der Waals surface area (Å²) in [5.74, 6) is -0.0125. The van der Waals surface area contributed by atoms with Gasteiger partial charge in [-0.2, -0.15) is 15.4 Å². The van der Waals surface area contributed by atoms with E-state index < -0.39 is 23.3 Å². The quantitative estimate of drug-likeness (QED) is 0.284. The third-order valence-electron chi connectivity index (χ3n) is 5.70. The van der Waals surface area contributed by atoms with Gasteiger partial charge in [-0.05, 0) is 89.9 Å². The van der Waals surface area contributed by atoms with Gasteiger partial charge in [-0.15, -0.1) is 0 Å². The van der Waals surface area contributed by atoms with Gasteiger partial charge in [-0.25, -0.2) is 4.79 Å². The molecule has 2 aromatic heterocycles. The highest BCUT2D eigenvalue weighted by molar-refractivity contribution is 5.94. The van der Waals surface area contributed by atoms with Crippen LogP contribution in [0.5, 0.6) is 5.75 Å². The first kappa shape index (κ1) is 29.3. The molecule has 0 atom stereocenters. The molecule has 0 radical (unpaired) electrons. The van der Waals surface area contributed by atoms with Crippen molar-refractivity contribution in [1.29, 1.82) is 0 Å². The van der Waals surface area contributed by atoms with E-state index in [0.717, 1.165) is 11.1 Å². The molecule has 2 N–H and O–H groups in total. The van der Waals surface area contributed by atoms with Crippen LogP contribution >= 0.6 is 0 Å². The molecule has 216 valence electrons. The molecule has 2 aromatic carbocycles. The highest BCUT2D eigenvalue weighted by Crippen LogP contribution is 2.35. The van der Waals surface area contributed by atoms with E-state index in [0.29, 0.717) is 34.8 Å². The molecule has 0 bridgehead atoms. The van der Waals surface area contributed by atoms with Crippen LogP contribution in [0.1, 0.15) is 48.5 Å². The number of hydrogen-bond acceptors (Lipinski definition) is 8. The second-order valence-corrected chi connectivity index (χ2v) is 11.4. The Morgan fingerprint density at radius 1 is 0.902 bits per heavy atom. The van der Waals surface area contributed by atoms with Crippen LogP contribution in [-0.4, -0.2) is 56.8 Å². The lowest BCUT2D eigenvalue weighted by molar-refractivity contribution is -0.153. The average Bonchev–Trinajstić information content (AvgIpc) is 3.35. The second-order valence-electron chi connectivity index (χ2n) is 11.4. The minimum absolute atomic E-state index is 0.223. The standard InChI is InChI=1S/C30H35N5O6/c1-8-39-24-15-19(12-13-21(24)22-16-23-26(27(37)31-22)33-34-32-23)18-10-9-11-20(14-18)35(28(38)41-30(5,6)7)17-25(36)40-29(2,3)4/h9-16H,8,17H2,1-7H3,(H,31,37)(H,32,33,34). The van der Waals surface area contributed by atoms with Gasteiger partial charge in [0.2, 0.25) is 0 Å². The van der Waals surface area contributed by atoms with Crippen LogP contribution in [0.25, 0.3) is 33.4 Å². The van der Waals surface area contributed by atoms with Gasteiger partial charge in [0.1, 0.15) is 29.0 Å². The fourth-order valence-electron chi connectivity index (χ4n) is 4.14. The van der Waals surface area contributed by atoms with Crippen LogP contribution < -0.4 is 15.2 Å². The Balaban J connectivity index is 1.72. The summed E-state index contributed by atoms with van der Waals surface area (Å²) in [5.41, 5.74) is 2.07. The Morgan fingerprint density at radius 3 is 2.29 bits per heavy atom. The Bertz CT molecular complexity index is 1630. The summed E-state index contributed by atoms with van der Waals surface area (Å²) in [7, 11) is 0. The fraction of sp³-hybridized carbons (Fsp3) is 0.367. The third kappa shape index (κ3) is 7.30. The lowest BCUT2D eigenvalue weighted by atomic mass is 10.0. The predicted molar refractivity (Wildman–Crippen MR) is 156 cm³/mol. The summed E-state index contributed by atoms with van der Waals surface area (Å²) in [4.78, 5) is 42.5. The number of esters is 1. The predicted octanol–water partition coefficient (Wildman–Crippen LogP) is 5.46. The molecule has 0 aliphatic heterocycles.